The molecule has 1 saturated carbocycles. The first-order valence-corrected chi connectivity index (χ1v) is 22.0. The second-order valence-electron chi connectivity index (χ2n) is 18.0. The number of likely N-dealkylation sites (tertiary alicyclic amines) is 1. The van der Waals surface area contributed by atoms with Gasteiger partial charge in [0.15, 0.2) is 6.29 Å². The Bertz CT molecular complexity index is 2260. The number of anilines is 1. The van der Waals surface area contributed by atoms with Gasteiger partial charge in [0, 0.05) is 98.2 Å². The molecule has 4 heterocycles. The highest BCUT2D eigenvalue weighted by atomic mass is 32.1. The van der Waals surface area contributed by atoms with Gasteiger partial charge in [-0.25, -0.2) is 8.78 Å². The van der Waals surface area contributed by atoms with Crippen LogP contribution in [0.25, 0.3) is 5.57 Å². The lowest BCUT2D eigenvalue weighted by atomic mass is 9.60. The SMILES string of the molecule is COc1cc(/C(=C/N(C)C)c2sc(C(=O)NC3CCN(C4CC5(C4)CN(c4ccc(C=O)c(CN(C)C6CCC(=O)NC6=O)c4)C5)CC3(F)F)cc2C=O)cc(OC)c1CN(C)C. The maximum Gasteiger partial charge on any atom is 0.280 e. The highest BCUT2D eigenvalue weighted by Crippen LogP contribution is 2.52. The minimum Gasteiger partial charge on any atom is -0.496 e. The van der Waals surface area contributed by atoms with Crippen molar-refractivity contribution in [2.24, 2.45) is 5.41 Å². The van der Waals surface area contributed by atoms with Gasteiger partial charge in [0.2, 0.25) is 11.8 Å². The van der Waals surface area contributed by atoms with Gasteiger partial charge in [0.1, 0.15) is 17.8 Å². The number of nitrogens with zero attached hydrogens (tertiary/aromatic N) is 5. The van der Waals surface area contributed by atoms with E-state index in [1.54, 1.807) is 20.3 Å². The molecule has 7 rings (SSSR count). The Morgan fingerprint density at radius 1 is 0.937 bits per heavy atom. The van der Waals surface area contributed by atoms with Gasteiger partial charge in [0.25, 0.3) is 11.8 Å². The first-order chi connectivity index (χ1) is 30.0. The fourth-order valence-corrected chi connectivity index (χ4v) is 10.6. The number of hydrogen-bond acceptors (Lipinski definition) is 13. The fourth-order valence-electron chi connectivity index (χ4n) is 9.56. The van der Waals surface area contributed by atoms with Crippen molar-refractivity contribution in [1.82, 2.24) is 30.2 Å². The number of aldehydes is 2. The molecule has 14 nitrogen and oxygen atoms in total. The molecule has 2 aromatic carbocycles. The van der Waals surface area contributed by atoms with Gasteiger partial charge in [-0.2, -0.15) is 0 Å². The highest BCUT2D eigenvalue weighted by molar-refractivity contribution is 7.15. The van der Waals surface area contributed by atoms with Crippen LogP contribution in [0.2, 0.25) is 0 Å². The van der Waals surface area contributed by atoms with Crippen LogP contribution < -0.4 is 25.0 Å². The van der Waals surface area contributed by atoms with Gasteiger partial charge < -0.3 is 29.5 Å². The first kappa shape index (κ1) is 45.8. The maximum atomic E-state index is 15.9. The molecule has 2 unspecified atom stereocenters. The van der Waals surface area contributed by atoms with Crippen LogP contribution >= 0.6 is 11.3 Å². The van der Waals surface area contributed by atoms with Crippen LogP contribution in [0.15, 0.2) is 42.6 Å². The maximum absolute atomic E-state index is 15.9. The Hall–Kier alpha value is -5.23. The number of imide groups is 1. The lowest BCUT2D eigenvalue weighted by molar-refractivity contribution is -0.137. The highest BCUT2D eigenvalue weighted by Gasteiger charge is 2.56. The summed E-state index contributed by atoms with van der Waals surface area (Å²) in [5.41, 5.74) is 4.75. The van der Waals surface area contributed by atoms with E-state index in [0.717, 1.165) is 60.4 Å². The van der Waals surface area contributed by atoms with Gasteiger partial charge in [0.05, 0.1) is 43.3 Å². The standard InChI is InChI=1S/C46H57F2N7O7S/c1-51(2)21-34(29-15-37(61-6)35(22-52(3)4)38(16-29)62-7)42-31(24-57)17-39(63-42)44(60)49-40-12-13-54(27-46(40,47)48)33-18-45(19-33)25-55(26-45)32-9-8-28(23-56)30(14-32)20-53(5)36-10-11-41(58)50-43(36)59/h8-9,14-17,21,23-24,33,36,40H,10-13,18-20,22,25-27H2,1-7H3,(H,49,60)(H,50,58,59)/b34-21-. The van der Waals surface area contributed by atoms with E-state index in [1.807, 2.05) is 85.3 Å². The summed E-state index contributed by atoms with van der Waals surface area (Å²) < 4.78 is 43.3. The summed E-state index contributed by atoms with van der Waals surface area (Å²) in [6, 6.07) is 9.04. The molecular formula is C46H57F2N7O7S. The number of benzene rings is 2. The predicted molar refractivity (Wildman–Crippen MR) is 237 cm³/mol. The lowest BCUT2D eigenvalue weighted by Crippen LogP contribution is -2.69. The van der Waals surface area contributed by atoms with E-state index in [0.29, 0.717) is 65.4 Å². The zero-order chi connectivity index (χ0) is 45.4. The summed E-state index contributed by atoms with van der Waals surface area (Å²) in [6.45, 7) is 2.43. The number of rotatable bonds is 16. The zero-order valence-corrected chi connectivity index (χ0v) is 37.8. The van der Waals surface area contributed by atoms with Crippen molar-refractivity contribution >= 4 is 52.9 Å². The van der Waals surface area contributed by atoms with Crippen molar-refractivity contribution in [3.05, 3.63) is 80.2 Å². The van der Waals surface area contributed by atoms with Crippen LogP contribution in [0.4, 0.5) is 14.5 Å². The molecule has 3 aromatic rings. The average molecular weight is 890 g/mol. The number of amides is 3. The molecule has 0 bridgehead atoms. The fraction of sp³-hybridized carbons (Fsp3) is 0.500. The van der Waals surface area contributed by atoms with Crippen LogP contribution in [-0.2, 0) is 22.7 Å². The average Bonchev–Trinajstić information content (AvgIpc) is 3.64. The Morgan fingerprint density at radius 3 is 2.21 bits per heavy atom. The molecule has 1 spiro atoms. The molecule has 3 saturated heterocycles. The molecule has 63 heavy (non-hydrogen) atoms. The number of carbonyl (C=O) groups excluding carboxylic acids is 5. The van der Waals surface area contributed by atoms with Crippen molar-refractivity contribution in [3.8, 4) is 11.5 Å². The van der Waals surface area contributed by atoms with E-state index in [2.05, 4.69) is 15.5 Å². The molecule has 3 amide bonds. The number of nitrogens with one attached hydrogen (secondary N) is 2. The zero-order valence-electron chi connectivity index (χ0n) is 37.0. The second-order valence-corrected chi connectivity index (χ2v) is 19.0. The Kier molecular flexibility index (Phi) is 13.4. The third kappa shape index (κ3) is 9.66. The van der Waals surface area contributed by atoms with Crippen molar-refractivity contribution in [1.29, 1.82) is 0 Å². The van der Waals surface area contributed by atoms with Crippen molar-refractivity contribution < 1.29 is 42.2 Å². The van der Waals surface area contributed by atoms with Crippen molar-refractivity contribution in [3.63, 3.8) is 0 Å². The molecule has 4 aliphatic rings. The van der Waals surface area contributed by atoms with Gasteiger partial charge in [-0.1, -0.05) is 0 Å². The summed E-state index contributed by atoms with van der Waals surface area (Å²) in [6.07, 6.45) is 5.67. The Labute approximate surface area is 371 Å². The van der Waals surface area contributed by atoms with E-state index < -0.39 is 30.5 Å². The van der Waals surface area contributed by atoms with Crippen molar-refractivity contribution in [2.45, 2.75) is 69.2 Å². The lowest BCUT2D eigenvalue weighted by Gasteiger charge is -2.62. The Balaban J connectivity index is 0.965. The molecule has 2 N–H and O–H groups in total. The van der Waals surface area contributed by atoms with Crippen molar-refractivity contribution in [2.75, 3.05) is 80.5 Å². The van der Waals surface area contributed by atoms with Crippen LogP contribution in [0, 0.1) is 5.41 Å². The number of alkyl halides is 2. The third-order valence-electron chi connectivity index (χ3n) is 12.8. The van der Waals surface area contributed by atoms with Gasteiger partial charge >= 0.3 is 0 Å². The topological polar surface area (TPSA) is 144 Å². The van der Waals surface area contributed by atoms with E-state index in [1.165, 1.54) is 6.07 Å². The number of methoxy groups -OCH3 is 2. The molecule has 0 radical (unpaired) electrons. The predicted octanol–water partition coefficient (Wildman–Crippen LogP) is 4.75. The number of likely N-dealkylation sites (N-methyl/N-ethyl adjacent to an activating group) is 1. The van der Waals surface area contributed by atoms with E-state index in [-0.39, 0.29) is 46.6 Å². The first-order valence-electron chi connectivity index (χ1n) is 21.1. The van der Waals surface area contributed by atoms with Gasteiger partial charge in [-0.3, -0.25) is 39.1 Å². The van der Waals surface area contributed by atoms with E-state index in [4.69, 9.17) is 9.47 Å². The number of piperidine rings is 2. The number of halogens is 2. The number of thiophene rings is 1. The summed E-state index contributed by atoms with van der Waals surface area (Å²) in [5, 5.41) is 5.01. The molecule has 4 fully saturated rings. The molecule has 338 valence electrons. The third-order valence-corrected chi connectivity index (χ3v) is 13.9. The molecule has 3 aliphatic heterocycles. The summed E-state index contributed by atoms with van der Waals surface area (Å²) in [4.78, 5) is 72.6. The monoisotopic (exact) mass is 889 g/mol. The molecule has 1 aromatic heterocycles. The summed E-state index contributed by atoms with van der Waals surface area (Å²) in [7, 11) is 12.5. The van der Waals surface area contributed by atoms with Crippen LogP contribution in [0.3, 0.4) is 0 Å². The summed E-state index contributed by atoms with van der Waals surface area (Å²) >= 11 is 1.07. The van der Waals surface area contributed by atoms with Crippen LogP contribution in [0.5, 0.6) is 11.5 Å². The number of carbonyl (C=O) groups is 5. The molecular weight excluding hydrogens is 833 g/mol. The smallest absolute Gasteiger partial charge is 0.280 e. The number of ether oxygens (including phenoxy) is 2. The van der Waals surface area contributed by atoms with E-state index in [9.17, 15) is 24.0 Å². The minimum atomic E-state index is -3.18. The quantitative estimate of drug-likeness (QED) is 0.152. The molecule has 2 atom stereocenters. The normalized spacial score (nSPS) is 21.2. The van der Waals surface area contributed by atoms with Crippen LogP contribution in [0.1, 0.15) is 84.1 Å². The van der Waals surface area contributed by atoms with Crippen LogP contribution in [-0.4, -0.2) is 150 Å². The Morgan fingerprint density at radius 2 is 1.62 bits per heavy atom. The molecule has 1 aliphatic carbocycles. The minimum absolute atomic E-state index is 0.0101. The number of hydrogen-bond donors (Lipinski definition) is 2. The second kappa shape index (κ2) is 18.5. The van der Waals surface area contributed by atoms with Gasteiger partial charge in [-0.05, 0) is 94.4 Å². The largest absolute Gasteiger partial charge is 0.496 e. The summed E-state index contributed by atoms with van der Waals surface area (Å²) in [5.74, 6) is -3.26. The van der Waals surface area contributed by atoms with Gasteiger partial charge in [-0.15, -0.1) is 11.3 Å². The molecule has 17 heteroatoms. The van der Waals surface area contributed by atoms with E-state index >= 15 is 8.78 Å².